The summed E-state index contributed by atoms with van der Waals surface area (Å²) >= 11 is 0. The van der Waals surface area contributed by atoms with Crippen molar-refractivity contribution in [3.8, 4) is 0 Å². The van der Waals surface area contributed by atoms with Crippen molar-refractivity contribution in [2.24, 2.45) is 0 Å². The van der Waals surface area contributed by atoms with E-state index >= 15 is 0 Å². The number of ketones is 1. The van der Waals surface area contributed by atoms with Crippen LogP contribution < -0.4 is 10.2 Å². The van der Waals surface area contributed by atoms with Gasteiger partial charge in [0.05, 0.1) is 0 Å². The molecule has 1 N–H and O–H groups in total. The fraction of sp³-hybridized carbons (Fsp3) is 0.222. The highest BCUT2D eigenvalue weighted by atomic mass is 16.2. The Morgan fingerprint density at radius 1 is 1.09 bits per heavy atom. The Morgan fingerprint density at radius 2 is 1.77 bits per heavy atom. The van der Waals surface area contributed by atoms with Gasteiger partial charge in [0.25, 0.3) is 0 Å². The van der Waals surface area contributed by atoms with Crippen molar-refractivity contribution in [3.05, 3.63) is 59.7 Å². The van der Waals surface area contributed by atoms with E-state index in [0.717, 1.165) is 12.1 Å². The van der Waals surface area contributed by atoms with Crippen LogP contribution in [0.5, 0.6) is 0 Å². The molecule has 4 nitrogen and oxygen atoms in total. The minimum absolute atomic E-state index is 0.0139. The Hall–Kier alpha value is -2.62. The van der Waals surface area contributed by atoms with Crippen molar-refractivity contribution in [1.82, 2.24) is 0 Å². The van der Waals surface area contributed by atoms with Gasteiger partial charge in [-0.25, -0.2) is 4.79 Å². The van der Waals surface area contributed by atoms with Crippen molar-refractivity contribution in [2.75, 3.05) is 10.2 Å². The minimum Gasteiger partial charge on any atom is -0.308 e. The van der Waals surface area contributed by atoms with Crippen LogP contribution in [0, 0.1) is 0 Å². The van der Waals surface area contributed by atoms with Gasteiger partial charge in [-0.15, -0.1) is 0 Å². The highest BCUT2D eigenvalue weighted by Crippen LogP contribution is 2.32. The van der Waals surface area contributed by atoms with E-state index in [1.165, 1.54) is 12.5 Å². The molecule has 0 saturated heterocycles. The number of nitrogens with zero attached hydrogens (tertiary/aromatic N) is 1. The van der Waals surface area contributed by atoms with Crippen molar-refractivity contribution < 1.29 is 9.59 Å². The molecule has 0 aliphatic carbocycles. The molecule has 112 valence electrons. The molecule has 2 aromatic rings. The Morgan fingerprint density at radius 3 is 2.45 bits per heavy atom. The quantitative estimate of drug-likeness (QED) is 0.855. The lowest BCUT2D eigenvalue weighted by atomic mass is 10.1. The summed E-state index contributed by atoms with van der Waals surface area (Å²) in [5, 5.41) is 2.90. The van der Waals surface area contributed by atoms with Crippen molar-refractivity contribution in [1.29, 1.82) is 0 Å². The maximum Gasteiger partial charge on any atom is 0.326 e. The first-order chi connectivity index (χ1) is 10.6. The molecule has 0 bridgehead atoms. The van der Waals surface area contributed by atoms with E-state index < -0.39 is 0 Å². The molecule has 2 amide bonds. The normalized spacial score (nSPS) is 16.3. The fourth-order valence-electron chi connectivity index (χ4n) is 2.85. The zero-order chi connectivity index (χ0) is 15.7. The van der Waals surface area contributed by atoms with Gasteiger partial charge in [-0.2, -0.15) is 0 Å². The third kappa shape index (κ3) is 2.60. The van der Waals surface area contributed by atoms with Gasteiger partial charge >= 0.3 is 6.03 Å². The molecule has 1 atom stereocenters. The predicted octanol–water partition coefficient (Wildman–Crippen LogP) is 3.87. The molecule has 1 aliphatic rings. The van der Waals surface area contributed by atoms with E-state index in [1.54, 1.807) is 29.2 Å². The summed E-state index contributed by atoms with van der Waals surface area (Å²) < 4.78 is 0. The van der Waals surface area contributed by atoms with Crippen LogP contribution in [0.25, 0.3) is 0 Å². The first kappa shape index (κ1) is 14.3. The first-order valence-electron chi connectivity index (χ1n) is 7.35. The topological polar surface area (TPSA) is 49.4 Å². The average molecular weight is 294 g/mol. The third-order valence-electron chi connectivity index (χ3n) is 3.97. The summed E-state index contributed by atoms with van der Waals surface area (Å²) in [6.07, 6.45) is 0.868. The minimum atomic E-state index is -0.145. The lowest BCUT2D eigenvalue weighted by molar-refractivity contribution is 0.101. The second kappa shape index (κ2) is 5.64. The molecule has 1 heterocycles. The van der Waals surface area contributed by atoms with Crippen molar-refractivity contribution >= 4 is 23.2 Å². The number of benzene rings is 2. The number of Topliss-reactive ketones (excluding diaryl/α,β-unsaturated/α-hetero) is 1. The van der Waals surface area contributed by atoms with Crippen LogP contribution in [0.4, 0.5) is 16.2 Å². The fourth-order valence-corrected chi connectivity index (χ4v) is 2.85. The molecule has 3 rings (SSSR count). The summed E-state index contributed by atoms with van der Waals surface area (Å²) in [4.78, 5) is 25.6. The summed E-state index contributed by atoms with van der Waals surface area (Å²) in [7, 11) is 0. The standard InChI is InChI=1S/C18H18N2O2/c1-12-11-15-5-3-4-6-17(15)20(12)18(22)19-16-9-7-14(8-10-16)13(2)21/h3-10,12H,11H2,1-2H3,(H,19,22). The lowest BCUT2D eigenvalue weighted by Crippen LogP contribution is -2.39. The third-order valence-corrected chi connectivity index (χ3v) is 3.97. The molecule has 22 heavy (non-hydrogen) atoms. The Labute approximate surface area is 129 Å². The number of nitrogens with one attached hydrogen (secondary N) is 1. The molecule has 0 spiro atoms. The number of rotatable bonds is 2. The van der Waals surface area contributed by atoms with Gasteiger partial charge in [0.2, 0.25) is 0 Å². The molecule has 4 heteroatoms. The van der Waals surface area contributed by atoms with E-state index in [4.69, 9.17) is 0 Å². The molecule has 1 aliphatic heterocycles. The molecule has 2 aromatic carbocycles. The van der Waals surface area contributed by atoms with E-state index in [1.807, 2.05) is 25.1 Å². The molecular weight excluding hydrogens is 276 g/mol. The summed E-state index contributed by atoms with van der Waals surface area (Å²) in [6, 6.07) is 14.9. The Balaban J connectivity index is 1.78. The van der Waals surface area contributed by atoms with Crippen molar-refractivity contribution in [3.63, 3.8) is 0 Å². The second-order valence-corrected chi connectivity index (χ2v) is 5.62. The summed E-state index contributed by atoms with van der Waals surface area (Å²) in [5.74, 6) is 0.0139. The van der Waals surface area contributed by atoms with Crippen LogP contribution in [0.15, 0.2) is 48.5 Å². The van der Waals surface area contributed by atoms with E-state index in [0.29, 0.717) is 11.3 Å². The zero-order valence-electron chi connectivity index (χ0n) is 12.7. The average Bonchev–Trinajstić information content (AvgIpc) is 2.83. The van der Waals surface area contributed by atoms with Crippen LogP contribution in [0.1, 0.15) is 29.8 Å². The molecule has 0 saturated carbocycles. The van der Waals surface area contributed by atoms with E-state index in [-0.39, 0.29) is 17.9 Å². The highest BCUT2D eigenvalue weighted by Gasteiger charge is 2.30. The summed E-state index contributed by atoms with van der Waals surface area (Å²) in [6.45, 7) is 3.56. The Kier molecular flexibility index (Phi) is 3.67. The molecule has 1 unspecified atom stereocenters. The van der Waals surface area contributed by atoms with Crippen LogP contribution in [0.3, 0.4) is 0 Å². The lowest BCUT2D eigenvalue weighted by Gasteiger charge is -2.23. The van der Waals surface area contributed by atoms with Gasteiger partial charge in [0, 0.05) is 23.0 Å². The molecule has 0 radical (unpaired) electrons. The van der Waals surface area contributed by atoms with Crippen LogP contribution >= 0.6 is 0 Å². The summed E-state index contributed by atoms with van der Waals surface area (Å²) in [5.41, 5.74) is 3.48. The van der Waals surface area contributed by atoms with Gasteiger partial charge in [0.15, 0.2) is 5.78 Å². The van der Waals surface area contributed by atoms with E-state index in [2.05, 4.69) is 11.4 Å². The maximum atomic E-state index is 12.6. The Bertz CT molecular complexity index is 722. The van der Waals surface area contributed by atoms with Gasteiger partial charge in [-0.3, -0.25) is 9.69 Å². The second-order valence-electron chi connectivity index (χ2n) is 5.62. The van der Waals surface area contributed by atoms with Gasteiger partial charge in [-0.1, -0.05) is 18.2 Å². The molecule has 0 fully saturated rings. The van der Waals surface area contributed by atoms with Gasteiger partial charge in [0.1, 0.15) is 0 Å². The largest absolute Gasteiger partial charge is 0.326 e. The molecular formula is C18H18N2O2. The molecule has 0 aromatic heterocycles. The SMILES string of the molecule is CC(=O)c1ccc(NC(=O)N2c3ccccc3CC2C)cc1. The van der Waals surface area contributed by atoms with Crippen LogP contribution in [-0.2, 0) is 6.42 Å². The number of hydrogen-bond donors (Lipinski definition) is 1. The van der Waals surface area contributed by atoms with Crippen LogP contribution in [0.2, 0.25) is 0 Å². The number of para-hydroxylation sites is 1. The number of amides is 2. The van der Waals surface area contributed by atoms with Gasteiger partial charge < -0.3 is 5.32 Å². The number of fused-ring (bicyclic) bond motifs is 1. The number of carbonyl (C=O) groups is 2. The number of hydrogen-bond acceptors (Lipinski definition) is 2. The number of anilines is 2. The number of urea groups is 1. The van der Waals surface area contributed by atoms with Crippen LogP contribution in [-0.4, -0.2) is 17.9 Å². The van der Waals surface area contributed by atoms with Crippen molar-refractivity contribution in [2.45, 2.75) is 26.3 Å². The van der Waals surface area contributed by atoms with Gasteiger partial charge in [-0.05, 0) is 56.2 Å². The maximum absolute atomic E-state index is 12.6. The smallest absolute Gasteiger partial charge is 0.308 e. The van der Waals surface area contributed by atoms with E-state index in [9.17, 15) is 9.59 Å². The first-order valence-corrected chi connectivity index (χ1v) is 7.35. The number of carbonyl (C=O) groups excluding carboxylic acids is 2. The monoisotopic (exact) mass is 294 g/mol. The predicted molar refractivity (Wildman–Crippen MR) is 87.6 cm³/mol. The highest BCUT2D eigenvalue weighted by molar-refractivity contribution is 6.04. The zero-order valence-corrected chi connectivity index (χ0v) is 12.7.